The summed E-state index contributed by atoms with van der Waals surface area (Å²) in [6, 6.07) is 2.11. The summed E-state index contributed by atoms with van der Waals surface area (Å²) in [5.74, 6) is 0.753. The molecule has 1 aliphatic rings. The van der Waals surface area contributed by atoms with Crippen molar-refractivity contribution in [1.82, 2.24) is 9.78 Å². The number of nitrogen functional groups attached to an aromatic ring is 1. The van der Waals surface area contributed by atoms with E-state index in [-0.39, 0.29) is 5.41 Å². The Morgan fingerprint density at radius 2 is 2.33 bits per heavy atom. The molecular weight excluding hydrogens is 188 g/mol. The molecule has 0 unspecified atom stereocenters. The first-order valence-electron chi connectivity index (χ1n) is 5.29. The second kappa shape index (κ2) is 3.27. The van der Waals surface area contributed by atoms with Crippen LogP contribution in [0.25, 0.3) is 0 Å². The van der Waals surface area contributed by atoms with E-state index in [9.17, 15) is 0 Å². The zero-order chi connectivity index (χ0) is 11.1. The number of nitriles is 1. The fraction of sp³-hybridized carbons (Fsp3) is 0.636. The van der Waals surface area contributed by atoms with Gasteiger partial charge in [-0.25, -0.2) is 4.68 Å². The van der Waals surface area contributed by atoms with E-state index in [2.05, 4.69) is 25.0 Å². The van der Waals surface area contributed by atoms with Gasteiger partial charge in [-0.1, -0.05) is 13.8 Å². The van der Waals surface area contributed by atoms with E-state index in [0.717, 1.165) is 24.4 Å². The van der Waals surface area contributed by atoms with Gasteiger partial charge in [-0.05, 0) is 18.3 Å². The normalized spacial score (nSPS) is 17.4. The monoisotopic (exact) mass is 204 g/mol. The minimum absolute atomic E-state index is 0.143. The summed E-state index contributed by atoms with van der Waals surface area (Å²) in [7, 11) is 0. The standard InChI is InChI=1S/C11H16N4/c1-11(2)5-4-8-9(11)10(13)15(14-8)7-3-6-12/h3-5,7,13H2,1-2H3. The number of rotatable bonds is 2. The van der Waals surface area contributed by atoms with Gasteiger partial charge in [0.25, 0.3) is 0 Å². The quantitative estimate of drug-likeness (QED) is 0.795. The van der Waals surface area contributed by atoms with E-state index in [1.807, 2.05) is 0 Å². The summed E-state index contributed by atoms with van der Waals surface area (Å²) in [5.41, 5.74) is 8.52. The number of hydrogen-bond acceptors (Lipinski definition) is 3. The van der Waals surface area contributed by atoms with Crippen LogP contribution in [-0.4, -0.2) is 9.78 Å². The molecule has 0 radical (unpaired) electrons. The molecule has 1 aromatic heterocycles. The molecule has 4 nitrogen and oxygen atoms in total. The van der Waals surface area contributed by atoms with Crippen molar-refractivity contribution in [2.24, 2.45) is 0 Å². The van der Waals surface area contributed by atoms with Crippen LogP contribution < -0.4 is 5.73 Å². The fourth-order valence-electron chi connectivity index (χ4n) is 2.32. The topological polar surface area (TPSA) is 67.6 Å². The Balaban J connectivity index is 2.36. The smallest absolute Gasteiger partial charge is 0.125 e. The van der Waals surface area contributed by atoms with E-state index < -0.39 is 0 Å². The van der Waals surface area contributed by atoms with Crippen molar-refractivity contribution in [1.29, 1.82) is 5.26 Å². The number of nitrogens with two attached hydrogens (primary N) is 1. The minimum Gasteiger partial charge on any atom is -0.384 e. The van der Waals surface area contributed by atoms with E-state index in [1.54, 1.807) is 4.68 Å². The highest BCUT2D eigenvalue weighted by molar-refractivity contribution is 5.51. The van der Waals surface area contributed by atoms with E-state index in [0.29, 0.717) is 13.0 Å². The Morgan fingerprint density at radius 3 is 2.93 bits per heavy atom. The molecule has 1 aliphatic carbocycles. The lowest BCUT2D eigenvalue weighted by Crippen LogP contribution is -2.15. The molecule has 0 atom stereocenters. The second-order valence-corrected chi connectivity index (χ2v) is 4.72. The summed E-state index contributed by atoms with van der Waals surface area (Å²) in [6.07, 6.45) is 2.59. The molecule has 1 heterocycles. The molecule has 1 aromatic rings. The molecule has 0 amide bonds. The van der Waals surface area contributed by atoms with Gasteiger partial charge in [0.2, 0.25) is 0 Å². The number of anilines is 1. The molecule has 0 fully saturated rings. The van der Waals surface area contributed by atoms with Crippen LogP contribution in [0.2, 0.25) is 0 Å². The van der Waals surface area contributed by atoms with E-state index >= 15 is 0 Å². The Bertz CT molecular complexity index is 423. The van der Waals surface area contributed by atoms with Crippen molar-refractivity contribution in [3.05, 3.63) is 11.3 Å². The first-order valence-corrected chi connectivity index (χ1v) is 5.29. The van der Waals surface area contributed by atoms with Gasteiger partial charge in [-0.15, -0.1) is 0 Å². The van der Waals surface area contributed by atoms with Gasteiger partial charge in [-0.2, -0.15) is 10.4 Å². The zero-order valence-corrected chi connectivity index (χ0v) is 9.25. The maximum absolute atomic E-state index is 8.54. The second-order valence-electron chi connectivity index (χ2n) is 4.72. The van der Waals surface area contributed by atoms with Crippen molar-refractivity contribution in [2.75, 3.05) is 5.73 Å². The zero-order valence-electron chi connectivity index (χ0n) is 9.25. The number of nitrogens with zero attached hydrogens (tertiary/aromatic N) is 3. The van der Waals surface area contributed by atoms with Gasteiger partial charge in [0.15, 0.2) is 0 Å². The number of aromatic nitrogens is 2. The van der Waals surface area contributed by atoms with Gasteiger partial charge in [-0.3, -0.25) is 0 Å². The lowest BCUT2D eigenvalue weighted by molar-refractivity contribution is 0.513. The van der Waals surface area contributed by atoms with Crippen LogP contribution in [0.4, 0.5) is 5.82 Å². The van der Waals surface area contributed by atoms with Crippen molar-refractivity contribution in [3.8, 4) is 6.07 Å². The van der Waals surface area contributed by atoms with Gasteiger partial charge in [0.1, 0.15) is 5.82 Å². The van der Waals surface area contributed by atoms with Gasteiger partial charge < -0.3 is 5.73 Å². The Hall–Kier alpha value is -1.50. The van der Waals surface area contributed by atoms with Crippen LogP contribution in [-0.2, 0) is 18.4 Å². The predicted octanol–water partition coefficient (Wildman–Crippen LogP) is 1.60. The summed E-state index contributed by atoms with van der Waals surface area (Å²) in [4.78, 5) is 0. The lowest BCUT2D eigenvalue weighted by Gasteiger charge is -2.18. The van der Waals surface area contributed by atoms with E-state index in [1.165, 1.54) is 5.56 Å². The Morgan fingerprint density at radius 1 is 1.60 bits per heavy atom. The molecule has 0 aliphatic heterocycles. The third-order valence-corrected chi connectivity index (χ3v) is 3.16. The van der Waals surface area contributed by atoms with Gasteiger partial charge >= 0.3 is 0 Å². The molecule has 0 bridgehead atoms. The third-order valence-electron chi connectivity index (χ3n) is 3.16. The van der Waals surface area contributed by atoms with Crippen LogP contribution in [0.3, 0.4) is 0 Å². The molecule has 0 saturated carbocycles. The largest absolute Gasteiger partial charge is 0.384 e. The Kier molecular flexibility index (Phi) is 2.18. The highest BCUT2D eigenvalue weighted by Crippen LogP contribution is 2.41. The lowest BCUT2D eigenvalue weighted by atomic mass is 9.87. The van der Waals surface area contributed by atoms with Crippen molar-refractivity contribution >= 4 is 5.82 Å². The molecule has 15 heavy (non-hydrogen) atoms. The third kappa shape index (κ3) is 1.48. The molecular formula is C11H16N4. The summed E-state index contributed by atoms with van der Waals surface area (Å²) < 4.78 is 1.77. The minimum atomic E-state index is 0.143. The summed E-state index contributed by atoms with van der Waals surface area (Å²) in [6.45, 7) is 5.00. The van der Waals surface area contributed by atoms with Gasteiger partial charge in [0, 0.05) is 5.56 Å². The molecule has 2 rings (SSSR count). The molecule has 4 heteroatoms. The SMILES string of the molecule is CC1(C)CCc2nn(CCC#N)c(N)c21. The van der Waals surface area contributed by atoms with Crippen molar-refractivity contribution in [2.45, 2.75) is 45.1 Å². The number of aryl methyl sites for hydroxylation is 2. The molecule has 0 saturated heterocycles. The molecule has 2 N–H and O–H groups in total. The van der Waals surface area contributed by atoms with Crippen LogP contribution in [0.5, 0.6) is 0 Å². The highest BCUT2D eigenvalue weighted by atomic mass is 15.3. The van der Waals surface area contributed by atoms with Crippen LogP contribution in [0.15, 0.2) is 0 Å². The number of hydrogen-bond donors (Lipinski definition) is 1. The van der Waals surface area contributed by atoms with Gasteiger partial charge in [0.05, 0.1) is 24.7 Å². The van der Waals surface area contributed by atoms with Crippen LogP contribution in [0.1, 0.15) is 37.9 Å². The number of fused-ring (bicyclic) bond motifs is 1. The first-order chi connectivity index (χ1) is 7.06. The average molecular weight is 204 g/mol. The van der Waals surface area contributed by atoms with E-state index in [4.69, 9.17) is 11.0 Å². The molecule has 0 aromatic carbocycles. The van der Waals surface area contributed by atoms with Crippen LogP contribution in [0, 0.1) is 11.3 Å². The average Bonchev–Trinajstić information content (AvgIpc) is 2.64. The maximum atomic E-state index is 8.54. The maximum Gasteiger partial charge on any atom is 0.125 e. The highest BCUT2D eigenvalue weighted by Gasteiger charge is 2.35. The Labute approximate surface area is 89.7 Å². The van der Waals surface area contributed by atoms with Crippen molar-refractivity contribution < 1.29 is 0 Å². The predicted molar refractivity (Wildman–Crippen MR) is 58.2 cm³/mol. The summed E-state index contributed by atoms with van der Waals surface area (Å²) in [5, 5.41) is 13.0. The summed E-state index contributed by atoms with van der Waals surface area (Å²) >= 11 is 0. The van der Waals surface area contributed by atoms with Crippen LogP contribution >= 0.6 is 0 Å². The first kappa shape index (κ1) is 10.0. The molecule has 80 valence electrons. The fourth-order valence-corrected chi connectivity index (χ4v) is 2.32. The van der Waals surface area contributed by atoms with Crippen molar-refractivity contribution in [3.63, 3.8) is 0 Å². The molecule has 0 spiro atoms.